The second kappa shape index (κ2) is 11.6. The van der Waals surface area contributed by atoms with Gasteiger partial charge in [0, 0.05) is 0 Å². The van der Waals surface area contributed by atoms with E-state index >= 15 is 0 Å². The summed E-state index contributed by atoms with van der Waals surface area (Å²) in [5, 5.41) is 2.48. The summed E-state index contributed by atoms with van der Waals surface area (Å²) in [5.74, 6) is -0.184. The van der Waals surface area contributed by atoms with E-state index < -0.39 is 17.8 Å². The number of urea groups is 1. The summed E-state index contributed by atoms with van der Waals surface area (Å²) in [6, 6.07) is 8.86. The van der Waals surface area contributed by atoms with Crippen LogP contribution in [-0.4, -0.2) is 38.2 Å². The molecule has 0 saturated carbocycles. The number of rotatable bonds is 10. The fourth-order valence-electron chi connectivity index (χ4n) is 3.25. The number of hydrogen-bond acceptors (Lipinski definition) is 6. The van der Waals surface area contributed by atoms with Crippen LogP contribution in [0.5, 0.6) is 17.2 Å². The SMILES string of the molecule is CCCCOc1ccc(N2C(=O)NC(=O)/C(=C/c3cc(Cl)c(OCCC)c(OC)c3)C2=O)cc1. The van der Waals surface area contributed by atoms with Crippen LogP contribution in [0.1, 0.15) is 38.7 Å². The second-order valence-corrected chi connectivity index (χ2v) is 7.94. The lowest BCUT2D eigenvalue weighted by Gasteiger charge is -2.26. The van der Waals surface area contributed by atoms with Crippen molar-refractivity contribution >= 4 is 41.2 Å². The number of benzene rings is 2. The van der Waals surface area contributed by atoms with Crippen LogP contribution in [-0.2, 0) is 9.59 Å². The zero-order chi connectivity index (χ0) is 24.7. The van der Waals surface area contributed by atoms with E-state index in [9.17, 15) is 14.4 Å². The highest BCUT2D eigenvalue weighted by Gasteiger charge is 2.36. The van der Waals surface area contributed by atoms with Crippen molar-refractivity contribution in [3.8, 4) is 17.2 Å². The number of unbranched alkanes of at least 4 members (excludes halogenated alkanes) is 1. The Balaban J connectivity index is 1.89. The molecule has 0 unspecified atom stereocenters. The molecular weight excluding hydrogens is 460 g/mol. The topological polar surface area (TPSA) is 94.2 Å². The van der Waals surface area contributed by atoms with Crippen LogP contribution in [0.2, 0.25) is 5.02 Å². The second-order valence-electron chi connectivity index (χ2n) is 7.54. The van der Waals surface area contributed by atoms with Crippen LogP contribution in [0, 0.1) is 0 Å². The Morgan fingerprint density at radius 3 is 2.38 bits per heavy atom. The molecular formula is C25H27ClN2O6. The first-order valence-electron chi connectivity index (χ1n) is 11.0. The van der Waals surface area contributed by atoms with Gasteiger partial charge in [0.25, 0.3) is 11.8 Å². The number of halogens is 1. The number of methoxy groups -OCH3 is 1. The van der Waals surface area contributed by atoms with Gasteiger partial charge in [-0.1, -0.05) is 31.9 Å². The van der Waals surface area contributed by atoms with Gasteiger partial charge < -0.3 is 14.2 Å². The van der Waals surface area contributed by atoms with Gasteiger partial charge >= 0.3 is 6.03 Å². The molecule has 2 aromatic rings. The van der Waals surface area contributed by atoms with E-state index in [-0.39, 0.29) is 10.6 Å². The summed E-state index contributed by atoms with van der Waals surface area (Å²) in [6.07, 6.45) is 4.08. The third-order valence-corrected chi connectivity index (χ3v) is 5.26. The highest BCUT2D eigenvalue weighted by Crippen LogP contribution is 2.37. The molecule has 0 aliphatic carbocycles. The van der Waals surface area contributed by atoms with Gasteiger partial charge in [-0.3, -0.25) is 14.9 Å². The average molecular weight is 487 g/mol. The van der Waals surface area contributed by atoms with Gasteiger partial charge in [-0.2, -0.15) is 0 Å². The number of imide groups is 2. The Bertz CT molecular complexity index is 1100. The molecule has 0 aromatic heterocycles. The van der Waals surface area contributed by atoms with Crippen molar-refractivity contribution in [1.29, 1.82) is 0 Å². The number of carbonyl (C=O) groups is 3. The third-order valence-electron chi connectivity index (χ3n) is 4.98. The molecule has 34 heavy (non-hydrogen) atoms. The van der Waals surface area contributed by atoms with E-state index in [1.165, 1.54) is 13.2 Å². The summed E-state index contributed by atoms with van der Waals surface area (Å²) >= 11 is 6.35. The third kappa shape index (κ3) is 5.69. The first-order valence-corrected chi connectivity index (χ1v) is 11.4. The van der Waals surface area contributed by atoms with Crippen molar-refractivity contribution < 1.29 is 28.6 Å². The predicted molar refractivity (Wildman–Crippen MR) is 130 cm³/mol. The maximum absolute atomic E-state index is 13.2. The van der Waals surface area contributed by atoms with Gasteiger partial charge in [-0.05, 0) is 60.9 Å². The maximum Gasteiger partial charge on any atom is 0.335 e. The van der Waals surface area contributed by atoms with E-state index in [0.29, 0.717) is 41.7 Å². The number of barbiturate groups is 1. The molecule has 2 aromatic carbocycles. The molecule has 9 heteroatoms. The molecule has 8 nitrogen and oxygen atoms in total. The molecule has 1 aliphatic rings. The van der Waals surface area contributed by atoms with Crippen LogP contribution in [0.25, 0.3) is 6.08 Å². The van der Waals surface area contributed by atoms with Gasteiger partial charge in [0.05, 0.1) is 31.0 Å². The van der Waals surface area contributed by atoms with E-state index in [1.807, 2.05) is 6.92 Å². The molecule has 0 spiro atoms. The largest absolute Gasteiger partial charge is 0.494 e. The Morgan fingerprint density at radius 1 is 1.00 bits per heavy atom. The Labute approximate surface area is 203 Å². The molecule has 0 radical (unpaired) electrons. The molecule has 3 rings (SSSR count). The van der Waals surface area contributed by atoms with Crippen molar-refractivity contribution in [2.75, 3.05) is 25.2 Å². The quantitative estimate of drug-likeness (QED) is 0.289. The molecule has 1 aliphatic heterocycles. The highest BCUT2D eigenvalue weighted by molar-refractivity contribution is 6.39. The van der Waals surface area contributed by atoms with Crippen molar-refractivity contribution in [1.82, 2.24) is 5.32 Å². The van der Waals surface area contributed by atoms with Gasteiger partial charge in [-0.25, -0.2) is 9.69 Å². The minimum absolute atomic E-state index is 0.219. The van der Waals surface area contributed by atoms with Crippen LogP contribution < -0.4 is 24.4 Å². The zero-order valence-corrected chi connectivity index (χ0v) is 20.1. The smallest absolute Gasteiger partial charge is 0.335 e. The normalized spacial score (nSPS) is 14.9. The fourth-order valence-corrected chi connectivity index (χ4v) is 3.53. The fraction of sp³-hybridized carbons (Fsp3) is 0.320. The van der Waals surface area contributed by atoms with Crippen molar-refractivity contribution in [2.24, 2.45) is 0 Å². The monoisotopic (exact) mass is 486 g/mol. The number of carbonyl (C=O) groups excluding carboxylic acids is 3. The lowest BCUT2D eigenvalue weighted by molar-refractivity contribution is -0.122. The maximum atomic E-state index is 13.2. The lowest BCUT2D eigenvalue weighted by atomic mass is 10.1. The molecule has 0 atom stereocenters. The number of ether oxygens (including phenoxy) is 3. The number of nitrogens with one attached hydrogen (secondary N) is 1. The highest BCUT2D eigenvalue weighted by atomic mass is 35.5. The van der Waals surface area contributed by atoms with Gasteiger partial charge in [0.1, 0.15) is 11.3 Å². The Hall–Kier alpha value is -3.52. The Morgan fingerprint density at radius 2 is 1.74 bits per heavy atom. The molecule has 1 heterocycles. The zero-order valence-electron chi connectivity index (χ0n) is 19.4. The summed E-state index contributed by atoms with van der Waals surface area (Å²) in [7, 11) is 1.47. The first kappa shape index (κ1) is 25.1. The molecule has 180 valence electrons. The molecule has 1 N–H and O–H groups in total. The van der Waals surface area contributed by atoms with Crippen molar-refractivity contribution in [3.05, 3.63) is 52.6 Å². The number of anilines is 1. The van der Waals surface area contributed by atoms with Crippen LogP contribution in [0.15, 0.2) is 42.0 Å². The molecule has 4 amide bonds. The molecule has 1 fully saturated rings. The average Bonchev–Trinajstić information content (AvgIpc) is 2.81. The number of amides is 4. The van der Waals surface area contributed by atoms with Gasteiger partial charge in [0.2, 0.25) is 0 Å². The Kier molecular flexibility index (Phi) is 8.54. The van der Waals surface area contributed by atoms with Gasteiger partial charge in [0.15, 0.2) is 11.5 Å². The van der Waals surface area contributed by atoms with Crippen molar-refractivity contribution in [2.45, 2.75) is 33.1 Å². The lowest BCUT2D eigenvalue weighted by Crippen LogP contribution is -2.54. The standard InChI is InChI=1S/C25H27ClN2O6/c1-4-6-12-33-18-9-7-17(8-10-18)28-24(30)19(23(29)27-25(28)31)13-16-14-20(26)22(34-11-5-2)21(15-16)32-3/h7-10,13-15H,4-6,11-12H2,1-3H3,(H,27,29,31)/b19-13-. The van der Waals surface area contributed by atoms with E-state index in [1.54, 1.807) is 36.4 Å². The summed E-state index contributed by atoms with van der Waals surface area (Å²) in [5.41, 5.74) is 0.532. The number of hydrogen-bond donors (Lipinski definition) is 1. The number of nitrogens with zero attached hydrogens (tertiary/aromatic N) is 1. The predicted octanol–water partition coefficient (Wildman–Crippen LogP) is 4.98. The van der Waals surface area contributed by atoms with Gasteiger partial charge in [-0.15, -0.1) is 0 Å². The minimum Gasteiger partial charge on any atom is -0.494 e. The summed E-state index contributed by atoms with van der Waals surface area (Å²) in [4.78, 5) is 39.0. The van der Waals surface area contributed by atoms with E-state index in [0.717, 1.165) is 24.2 Å². The first-order chi connectivity index (χ1) is 16.4. The van der Waals surface area contributed by atoms with Crippen molar-refractivity contribution in [3.63, 3.8) is 0 Å². The minimum atomic E-state index is -0.828. The summed E-state index contributed by atoms with van der Waals surface area (Å²) in [6.45, 7) is 5.07. The summed E-state index contributed by atoms with van der Waals surface area (Å²) < 4.78 is 16.6. The van der Waals surface area contributed by atoms with Crippen LogP contribution in [0.4, 0.5) is 10.5 Å². The van der Waals surface area contributed by atoms with E-state index in [2.05, 4.69) is 12.2 Å². The van der Waals surface area contributed by atoms with Crippen LogP contribution in [0.3, 0.4) is 0 Å². The van der Waals surface area contributed by atoms with Crippen LogP contribution >= 0.6 is 11.6 Å². The van der Waals surface area contributed by atoms with E-state index in [4.69, 9.17) is 25.8 Å². The molecule has 0 bridgehead atoms. The molecule has 1 saturated heterocycles.